The predicted molar refractivity (Wildman–Crippen MR) is 46.7 cm³/mol. The minimum atomic E-state index is 0.659. The Labute approximate surface area is 69.5 Å². The largest absolute Gasteiger partial charge is 0.380 e. The van der Waals surface area contributed by atoms with Crippen LogP contribution in [0.4, 0.5) is 0 Å². The Bertz CT molecular complexity index is 114. The van der Waals surface area contributed by atoms with Crippen molar-refractivity contribution in [3.63, 3.8) is 0 Å². The van der Waals surface area contributed by atoms with E-state index in [1.165, 1.54) is 6.42 Å². The van der Waals surface area contributed by atoms with Crippen LogP contribution in [0.5, 0.6) is 0 Å². The monoisotopic (exact) mass is 157 g/mol. The fourth-order valence-corrected chi connectivity index (χ4v) is 1.68. The van der Waals surface area contributed by atoms with Gasteiger partial charge in [0.25, 0.3) is 0 Å². The first-order valence-electron chi connectivity index (χ1n) is 4.55. The van der Waals surface area contributed by atoms with Crippen LogP contribution in [0.1, 0.15) is 27.2 Å². The van der Waals surface area contributed by atoms with Crippen molar-refractivity contribution >= 4 is 0 Å². The average Bonchev–Trinajstić information content (AvgIpc) is 2.13. The molecule has 11 heavy (non-hydrogen) atoms. The summed E-state index contributed by atoms with van der Waals surface area (Å²) in [7, 11) is 0. The van der Waals surface area contributed by atoms with Gasteiger partial charge in [-0.25, -0.2) is 0 Å². The van der Waals surface area contributed by atoms with E-state index in [0.29, 0.717) is 12.1 Å². The molecule has 1 aliphatic rings. The predicted octanol–water partition coefficient (Wildman–Crippen LogP) is 1.51. The third-order valence-corrected chi connectivity index (χ3v) is 2.40. The zero-order chi connectivity index (χ0) is 8.27. The molecule has 2 heteroatoms. The van der Waals surface area contributed by atoms with Crippen molar-refractivity contribution in [1.29, 1.82) is 0 Å². The van der Waals surface area contributed by atoms with E-state index in [2.05, 4.69) is 25.7 Å². The fourth-order valence-electron chi connectivity index (χ4n) is 1.68. The van der Waals surface area contributed by atoms with E-state index in [1.54, 1.807) is 0 Å². The SMILES string of the molecule is CC(C)N1CCOCCC1C. The van der Waals surface area contributed by atoms with Gasteiger partial charge in [-0.1, -0.05) is 0 Å². The number of ether oxygens (including phenoxy) is 1. The Morgan fingerprint density at radius 3 is 2.73 bits per heavy atom. The summed E-state index contributed by atoms with van der Waals surface area (Å²) in [5.41, 5.74) is 0. The van der Waals surface area contributed by atoms with Crippen molar-refractivity contribution in [1.82, 2.24) is 4.90 Å². The molecule has 0 spiro atoms. The van der Waals surface area contributed by atoms with Crippen LogP contribution < -0.4 is 0 Å². The topological polar surface area (TPSA) is 12.5 Å². The maximum Gasteiger partial charge on any atom is 0.0593 e. The van der Waals surface area contributed by atoms with Crippen LogP contribution >= 0.6 is 0 Å². The second kappa shape index (κ2) is 4.07. The van der Waals surface area contributed by atoms with Crippen molar-refractivity contribution < 1.29 is 4.74 Å². The van der Waals surface area contributed by atoms with Gasteiger partial charge in [0.1, 0.15) is 0 Å². The van der Waals surface area contributed by atoms with Gasteiger partial charge in [-0.05, 0) is 27.2 Å². The number of hydrogen-bond acceptors (Lipinski definition) is 2. The first-order chi connectivity index (χ1) is 5.22. The summed E-state index contributed by atoms with van der Waals surface area (Å²) in [5.74, 6) is 0. The van der Waals surface area contributed by atoms with E-state index < -0.39 is 0 Å². The van der Waals surface area contributed by atoms with Gasteiger partial charge in [-0.2, -0.15) is 0 Å². The molecule has 1 aliphatic heterocycles. The molecular formula is C9H19NO. The molecule has 0 amide bonds. The Kier molecular flexibility index (Phi) is 3.34. The summed E-state index contributed by atoms with van der Waals surface area (Å²) in [6, 6.07) is 1.35. The molecular weight excluding hydrogens is 138 g/mol. The summed E-state index contributed by atoms with van der Waals surface area (Å²) in [6.07, 6.45) is 1.18. The molecule has 1 saturated heterocycles. The van der Waals surface area contributed by atoms with E-state index in [1.807, 2.05) is 0 Å². The molecule has 0 aliphatic carbocycles. The Morgan fingerprint density at radius 2 is 2.09 bits per heavy atom. The van der Waals surface area contributed by atoms with Gasteiger partial charge in [0.2, 0.25) is 0 Å². The van der Waals surface area contributed by atoms with Crippen molar-refractivity contribution in [3.8, 4) is 0 Å². The third-order valence-electron chi connectivity index (χ3n) is 2.40. The van der Waals surface area contributed by atoms with Crippen LogP contribution in [0.15, 0.2) is 0 Å². The smallest absolute Gasteiger partial charge is 0.0593 e. The minimum Gasteiger partial charge on any atom is -0.380 e. The Balaban J connectivity index is 2.45. The zero-order valence-corrected chi connectivity index (χ0v) is 7.84. The van der Waals surface area contributed by atoms with Crippen LogP contribution in [0.3, 0.4) is 0 Å². The summed E-state index contributed by atoms with van der Waals surface area (Å²) >= 11 is 0. The van der Waals surface area contributed by atoms with E-state index >= 15 is 0 Å². The number of rotatable bonds is 1. The fraction of sp³-hybridized carbons (Fsp3) is 1.00. The maximum atomic E-state index is 5.40. The van der Waals surface area contributed by atoms with Crippen LogP contribution in [-0.4, -0.2) is 36.7 Å². The van der Waals surface area contributed by atoms with Crippen LogP contribution in [0.25, 0.3) is 0 Å². The van der Waals surface area contributed by atoms with E-state index in [-0.39, 0.29) is 0 Å². The number of nitrogens with zero attached hydrogens (tertiary/aromatic N) is 1. The molecule has 1 atom stereocenters. The van der Waals surface area contributed by atoms with Crippen LogP contribution in [0, 0.1) is 0 Å². The molecule has 1 unspecified atom stereocenters. The standard InChI is InChI=1S/C9H19NO/c1-8(2)10-5-7-11-6-4-9(10)3/h8-9H,4-7H2,1-3H3. The second-order valence-electron chi connectivity index (χ2n) is 3.58. The molecule has 0 aromatic rings. The van der Waals surface area contributed by atoms with Gasteiger partial charge in [-0.3, -0.25) is 4.90 Å². The Hall–Kier alpha value is -0.0800. The normalized spacial score (nSPS) is 28.9. The lowest BCUT2D eigenvalue weighted by Crippen LogP contribution is -2.39. The highest BCUT2D eigenvalue weighted by Crippen LogP contribution is 2.11. The van der Waals surface area contributed by atoms with Crippen LogP contribution in [0.2, 0.25) is 0 Å². The van der Waals surface area contributed by atoms with Gasteiger partial charge in [-0.15, -0.1) is 0 Å². The lowest BCUT2D eigenvalue weighted by Gasteiger charge is -2.29. The van der Waals surface area contributed by atoms with Crippen molar-refractivity contribution in [2.45, 2.75) is 39.3 Å². The molecule has 0 aromatic carbocycles. The van der Waals surface area contributed by atoms with E-state index in [9.17, 15) is 0 Å². The highest BCUT2D eigenvalue weighted by atomic mass is 16.5. The maximum absolute atomic E-state index is 5.40. The lowest BCUT2D eigenvalue weighted by molar-refractivity contribution is 0.131. The lowest BCUT2D eigenvalue weighted by atomic mass is 10.2. The van der Waals surface area contributed by atoms with Crippen molar-refractivity contribution in [2.75, 3.05) is 19.8 Å². The molecule has 0 bridgehead atoms. The molecule has 2 nitrogen and oxygen atoms in total. The van der Waals surface area contributed by atoms with Crippen molar-refractivity contribution in [3.05, 3.63) is 0 Å². The highest BCUT2D eigenvalue weighted by Gasteiger charge is 2.18. The quantitative estimate of drug-likeness (QED) is 0.572. The first-order valence-corrected chi connectivity index (χ1v) is 4.55. The third kappa shape index (κ3) is 2.46. The Morgan fingerprint density at radius 1 is 1.36 bits per heavy atom. The minimum absolute atomic E-state index is 0.659. The van der Waals surface area contributed by atoms with E-state index in [4.69, 9.17) is 4.74 Å². The van der Waals surface area contributed by atoms with Gasteiger partial charge in [0.15, 0.2) is 0 Å². The van der Waals surface area contributed by atoms with Gasteiger partial charge in [0, 0.05) is 25.2 Å². The number of hydrogen-bond donors (Lipinski definition) is 0. The first kappa shape index (κ1) is 9.01. The van der Waals surface area contributed by atoms with E-state index in [0.717, 1.165) is 19.8 Å². The molecule has 0 N–H and O–H groups in total. The molecule has 0 aromatic heterocycles. The van der Waals surface area contributed by atoms with Crippen LogP contribution in [-0.2, 0) is 4.74 Å². The molecule has 1 heterocycles. The molecule has 1 rings (SSSR count). The van der Waals surface area contributed by atoms with Gasteiger partial charge < -0.3 is 4.74 Å². The molecule has 0 radical (unpaired) electrons. The van der Waals surface area contributed by atoms with Crippen molar-refractivity contribution in [2.24, 2.45) is 0 Å². The highest BCUT2D eigenvalue weighted by molar-refractivity contribution is 4.72. The molecule has 1 fully saturated rings. The summed E-state index contributed by atoms with van der Waals surface area (Å²) in [6.45, 7) is 9.73. The summed E-state index contributed by atoms with van der Waals surface area (Å²) < 4.78 is 5.40. The molecule has 0 saturated carbocycles. The van der Waals surface area contributed by atoms with Gasteiger partial charge in [0.05, 0.1) is 6.61 Å². The molecule has 66 valence electrons. The second-order valence-corrected chi connectivity index (χ2v) is 3.58. The zero-order valence-electron chi connectivity index (χ0n) is 7.84. The summed E-state index contributed by atoms with van der Waals surface area (Å²) in [5, 5.41) is 0. The summed E-state index contributed by atoms with van der Waals surface area (Å²) in [4.78, 5) is 2.51. The van der Waals surface area contributed by atoms with Gasteiger partial charge >= 0.3 is 0 Å². The average molecular weight is 157 g/mol.